The van der Waals surface area contributed by atoms with E-state index in [-0.39, 0.29) is 11.9 Å². The highest BCUT2D eigenvalue weighted by Crippen LogP contribution is 2.22. The summed E-state index contributed by atoms with van der Waals surface area (Å²) in [6, 6.07) is 1.70. The fourth-order valence-electron chi connectivity index (χ4n) is 2.27. The van der Waals surface area contributed by atoms with Crippen molar-refractivity contribution < 1.29 is 23.1 Å². The predicted molar refractivity (Wildman–Crippen MR) is 73.3 cm³/mol. The monoisotopic (exact) mass is 322 g/mol. The average Bonchev–Trinajstić information content (AvgIpc) is 2.94. The van der Waals surface area contributed by atoms with Gasteiger partial charge in [0, 0.05) is 36.6 Å². The van der Waals surface area contributed by atoms with Crippen LogP contribution in [0.25, 0.3) is 0 Å². The fraction of sp³-hybridized carbons (Fsp3) is 0.615. The maximum atomic E-state index is 12.3. The van der Waals surface area contributed by atoms with Crippen LogP contribution < -0.4 is 5.32 Å². The van der Waals surface area contributed by atoms with Crippen LogP contribution in [0.3, 0.4) is 0 Å². The van der Waals surface area contributed by atoms with Crippen LogP contribution in [0.4, 0.5) is 13.2 Å². The van der Waals surface area contributed by atoms with Gasteiger partial charge in [0.05, 0.1) is 0 Å². The molecular formula is C13H17F3N2O2S. The van der Waals surface area contributed by atoms with E-state index in [0.717, 1.165) is 0 Å². The summed E-state index contributed by atoms with van der Waals surface area (Å²) >= 11 is 1.44. The molecule has 2 N–H and O–H groups in total. The Bertz CT molecular complexity index is 456. The topological polar surface area (TPSA) is 52.6 Å². The first-order valence-electron chi connectivity index (χ1n) is 6.66. The van der Waals surface area contributed by atoms with Crippen molar-refractivity contribution in [1.29, 1.82) is 0 Å². The Balaban J connectivity index is 1.75. The van der Waals surface area contributed by atoms with Crippen molar-refractivity contribution in [1.82, 2.24) is 10.2 Å². The number of hydrogen-bond acceptors (Lipinski definition) is 4. The molecule has 0 saturated carbocycles. The highest BCUT2D eigenvalue weighted by molar-refractivity contribution is 7.08. The lowest BCUT2D eigenvalue weighted by Gasteiger charge is -2.33. The third-order valence-electron chi connectivity index (χ3n) is 3.52. The first-order valence-corrected chi connectivity index (χ1v) is 7.60. The predicted octanol–water partition coefficient (Wildman–Crippen LogP) is 1.87. The highest BCUT2D eigenvalue weighted by Gasteiger charge is 2.39. The minimum absolute atomic E-state index is 0.0309. The van der Waals surface area contributed by atoms with Crippen molar-refractivity contribution >= 4 is 17.2 Å². The number of β-amino-alcohol motifs (C(OH)–C–C–N with tert-alkyl or cyclic N) is 1. The van der Waals surface area contributed by atoms with Crippen LogP contribution in [0.15, 0.2) is 16.8 Å². The molecule has 1 aliphatic rings. The molecule has 1 aliphatic heterocycles. The molecule has 0 spiro atoms. The molecule has 0 bridgehead atoms. The van der Waals surface area contributed by atoms with Gasteiger partial charge in [-0.1, -0.05) is 0 Å². The molecule has 2 rings (SSSR count). The Hall–Kier alpha value is -1.12. The van der Waals surface area contributed by atoms with Crippen molar-refractivity contribution in [2.45, 2.75) is 31.2 Å². The number of carbonyl (C=O) groups is 1. The van der Waals surface area contributed by atoms with Crippen LogP contribution in [0.1, 0.15) is 23.2 Å². The number of carbonyl (C=O) groups excluding carboxylic acids is 1. The molecule has 0 aromatic carbocycles. The molecule has 4 nitrogen and oxygen atoms in total. The van der Waals surface area contributed by atoms with E-state index in [1.165, 1.54) is 11.3 Å². The third kappa shape index (κ3) is 4.69. The summed E-state index contributed by atoms with van der Waals surface area (Å²) in [7, 11) is 0. The van der Waals surface area contributed by atoms with E-state index in [0.29, 0.717) is 31.5 Å². The van der Waals surface area contributed by atoms with Gasteiger partial charge >= 0.3 is 6.18 Å². The molecular weight excluding hydrogens is 305 g/mol. The number of alkyl halides is 3. The SMILES string of the molecule is O=C(NC1CCN(CC(O)C(F)(F)F)CC1)c1ccsc1. The van der Waals surface area contributed by atoms with E-state index in [9.17, 15) is 18.0 Å². The Labute approximate surface area is 124 Å². The average molecular weight is 322 g/mol. The summed E-state index contributed by atoms with van der Waals surface area (Å²) in [5.74, 6) is -0.148. The van der Waals surface area contributed by atoms with E-state index in [2.05, 4.69) is 5.32 Å². The number of rotatable bonds is 4. The molecule has 0 radical (unpaired) electrons. The second-order valence-corrected chi connectivity index (χ2v) is 5.90. The Morgan fingerprint density at radius 2 is 2.14 bits per heavy atom. The molecule has 1 saturated heterocycles. The van der Waals surface area contributed by atoms with Crippen molar-refractivity contribution in [3.8, 4) is 0 Å². The zero-order valence-corrected chi connectivity index (χ0v) is 12.1. The van der Waals surface area contributed by atoms with Gasteiger partial charge in [-0.15, -0.1) is 0 Å². The van der Waals surface area contributed by atoms with Gasteiger partial charge in [-0.2, -0.15) is 24.5 Å². The van der Waals surface area contributed by atoms with E-state index in [1.54, 1.807) is 16.3 Å². The molecule has 8 heteroatoms. The second-order valence-electron chi connectivity index (χ2n) is 5.12. The van der Waals surface area contributed by atoms with Crippen LogP contribution in [0, 0.1) is 0 Å². The molecule has 0 aliphatic carbocycles. The number of piperidine rings is 1. The second kappa shape index (κ2) is 6.76. The van der Waals surface area contributed by atoms with E-state index in [4.69, 9.17) is 5.11 Å². The largest absolute Gasteiger partial charge is 0.415 e. The quantitative estimate of drug-likeness (QED) is 0.890. The summed E-state index contributed by atoms with van der Waals surface area (Å²) in [5.41, 5.74) is 0.606. The highest BCUT2D eigenvalue weighted by atomic mass is 32.1. The zero-order valence-electron chi connectivity index (χ0n) is 11.3. The van der Waals surface area contributed by atoms with Gasteiger partial charge < -0.3 is 15.3 Å². The third-order valence-corrected chi connectivity index (χ3v) is 4.20. The van der Waals surface area contributed by atoms with E-state index < -0.39 is 18.8 Å². The summed E-state index contributed by atoms with van der Waals surface area (Å²) < 4.78 is 36.8. The van der Waals surface area contributed by atoms with Crippen LogP contribution in [0.2, 0.25) is 0 Å². The Kier molecular flexibility index (Phi) is 5.23. The summed E-state index contributed by atoms with van der Waals surface area (Å²) in [6.07, 6.45) is -5.72. The fourth-order valence-corrected chi connectivity index (χ4v) is 2.91. The lowest BCUT2D eigenvalue weighted by Crippen LogP contribution is -2.48. The number of nitrogens with one attached hydrogen (secondary N) is 1. The Morgan fingerprint density at radius 3 is 2.67 bits per heavy atom. The smallest absolute Gasteiger partial charge is 0.382 e. The van der Waals surface area contributed by atoms with Gasteiger partial charge in [0.25, 0.3) is 5.91 Å². The van der Waals surface area contributed by atoms with Crippen molar-refractivity contribution in [3.63, 3.8) is 0 Å². The van der Waals surface area contributed by atoms with Crippen LogP contribution in [-0.4, -0.2) is 53.9 Å². The molecule has 118 valence electrons. The maximum absolute atomic E-state index is 12.3. The number of aliphatic hydroxyl groups is 1. The molecule has 1 fully saturated rings. The molecule has 21 heavy (non-hydrogen) atoms. The number of amides is 1. The van der Waals surface area contributed by atoms with Gasteiger partial charge in [-0.25, -0.2) is 0 Å². The molecule has 1 aromatic heterocycles. The summed E-state index contributed by atoms with van der Waals surface area (Å²) in [4.78, 5) is 13.4. The van der Waals surface area contributed by atoms with Crippen LogP contribution >= 0.6 is 11.3 Å². The molecule has 1 aromatic rings. The summed E-state index contributed by atoms with van der Waals surface area (Å²) in [5, 5.41) is 15.5. The van der Waals surface area contributed by atoms with Crippen molar-refractivity contribution in [2.24, 2.45) is 0 Å². The number of likely N-dealkylation sites (tertiary alicyclic amines) is 1. The van der Waals surface area contributed by atoms with Gasteiger partial charge in [-0.3, -0.25) is 4.79 Å². The molecule has 1 amide bonds. The number of aliphatic hydroxyl groups excluding tert-OH is 1. The number of nitrogens with zero attached hydrogens (tertiary/aromatic N) is 1. The number of halogens is 3. The van der Waals surface area contributed by atoms with E-state index >= 15 is 0 Å². The minimum atomic E-state index is -4.58. The molecule has 1 unspecified atom stereocenters. The van der Waals surface area contributed by atoms with Gasteiger partial charge in [-0.05, 0) is 24.3 Å². The maximum Gasteiger partial charge on any atom is 0.415 e. The van der Waals surface area contributed by atoms with Crippen molar-refractivity contribution in [3.05, 3.63) is 22.4 Å². The van der Waals surface area contributed by atoms with Gasteiger partial charge in [0.2, 0.25) is 0 Å². The van der Waals surface area contributed by atoms with E-state index in [1.807, 2.05) is 5.38 Å². The van der Waals surface area contributed by atoms with Crippen molar-refractivity contribution in [2.75, 3.05) is 19.6 Å². The first kappa shape index (κ1) is 16.3. The number of thiophene rings is 1. The minimum Gasteiger partial charge on any atom is -0.382 e. The zero-order chi connectivity index (χ0) is 15.5. The summed E-state index contributed by atoms with van der Waals surface area (Å²) in [6.45, 7) is 0.456. The van der Waals surface area contributed by atoms with Crippen LogP contribution in [-0.2, 0) is 0 Å². The lowest BCUT2D eigenvalue weighted by atomic mass is 10.0. The standard InChI is InChI=1S/C13H17F3N2O2S/c14-13(15,16)11(19)7-18-4-1-10(2-5-18)17-12(20)9-3-6-21-8-9/h3,6,8,10-11,19H,1-2,4-5,7H2,(H,17,20). The molecule has 2 heterocycles. The first-order chi connectivity index (χ1) is 9.86. The van der Waals surface area contributed by atoms with Gasteiger partial charge in [0.1, 0.15) is 0 Å². The lowest BCUT2D eigenvalue weighted by molar-refractivity contribution is -0.208. The normalized spacial score (nSPS) is 19.4. The molecule has 1 atom stereocenters. The Morgan fingerprint density at radius 1 is 1.48 bits per heavy atom. The number of hydrogen-bond donors (Lipinski definition) is 2. The van der Waals surface area contributed by atoms with Gasteiger partial charge in [0.15, 0.2) is 6.10 Å². The van der Waals surface area contributed by atoms with Crippen LogP contribution in [0.5, 0.6) is 0 Å².